The molecule has 0 saturated heterocycles. The Kier molecular flexibility index (Phi) is 5.05. The van der Waals surface area contributed by atoms with E-state index in [0.717, 1.165) is 10.7 Å². The standard InChI is InChI=1S/C15H9BrF3NO3/c16-9-3-5-10(6-4-9)20-8-11(14(22)15(17,18)19)13(21)12-2-1-7-23-12/h1-8,21H/b13-11+,20-8?. The zero-order chi connectivity index (χ0) is 17.0. The van der Waals surface area contributed by atoms with Gasteiger partial charge in [-0.1, -0.05) is 15.9 Å². The molecule has 0 bridgehead atoms. The molecule has 0 fully saturated rings. The van der Waals surface area contributed by atoms with E-state index in [1.807, 2.05) is 0 Å². The molecule has 23 heavy (non-hydrogen) atoms. The van der Waals surface area contributed by atoms with Crippen LogP contribution in [0, 0.1) is 0 Å². The summed E-state index contributed by atoms with van der Waals surface area (Å²) >= 11 is 3.21. The maximum absolute atomic E-state index is 12.7. The fourth-order valence-electron chi connectivity index (χ4n) is 1.59. The Morgan fingerprint density at radius 1 is 1.22 bits per heavy atom. The third kappa shape index (κ3) is 4.32. The van der Waals surface area contributed by atoms with E-state index in [9.17, 15) is 23.1 Å². The molecular weight excluding hydrogens is 379 g/mol. The summed E-state index contributed by atoms with van der Waals surface area (Å²) in [5, 5.41) is 9.89. The smallest absolute Gasteiger partial charge is 0.455 e. The van der Waals surface area contributed by atoms with E-state index in [-0.39, 0.29) is 5.76 Å². The first-order chi connectivity index (χ1) is 10.8. The molecule has 1 aromatic heterocycles. The number of furan rings is 1. The van der Waals surface area contributed by atoms with Crippen LogP contribution in [-0.4, -0.2) is 23.3 Å². The second-order valence-corrected chi connectivity index (χ2v) is 5.22. The first kappa shape index (κ1) is 17.0. The van der Waals surface area contributed by atoms with E-state index in [1.165, 1.54) is 24.3 Å². The van der Waals surface area contributed by atoms with Gasteiger partial charge in [0.2, 0.25) is 0 Å². The van der Waals surface area contributed by atoms with Gasteiger partial charge < -0.3 is 9.52 Å². The molecule has 0 radical (unpaired) electrons. The van der Waals surface area contributed by atoms with Crippen LogP contribution < -0.4 is 0 Å². The molecule has 0 saturated carbocycles. The highest BCUT2D eigenvalue weighted by molar-refractivity contribution is 9.10. The van der Waals surface area contributed by atoms with Crippen LogP contribution >= 0.6 is 15.9 Å². The molecule has 120 valence electrons. The van der Waals surface area contributed by atoms with Gasteiger partial charge in [0.1, 0.15) is 0 Å². The second kappa shape index (κ2) is 6.82. The van der Waals surface area contributed by atoms with Gasteiger partial charge in [0.15, 0.2) is 11.5 Å². The zero-order valence-corrected chi connectivity index (χ0v) is 12.9. The van der Waals surface area contributed by atoms with Crippen LogP contribution in [0.25, 0.3) is 5.76 Å². The number of carbonyl (C=O) groups is 1. The lowest BCUT2D eigenvalue weighted by atomic mass is 10.1. The van der Waals surface area contributed by atoms with Gasteiger partial charge in [-0.3, -0.25) is 9.79 Å². The van der Waals surface area contributed by atoms with Gasteiger partial charge in [0.05, 0.1) is 17.5 Å². The quantitative estimate of drug-likeness (QED) is 0.463. The molecule has 8 heteroatoms. The highest BCUT2D eigenvalue weighted by atomic mass is 79.9. The zero-order valence-electron chi connectivity index (χ0n) is 11.3. The molecular formula is C15H9BrF3NO3. The molecule has 0 aliphatic rings. The highest BCUT2D eigenvalue weighted by Gasteiger charge is 2.42. The average molecular weight is 388 g/mol. The van der Waals surface area contributed by atoms with E-state index < -0.39 is 23.3 Å². The number of Topliss-reactive ketones (excluding diaryl/α,β-unsaturated/α-hetero) is 1. The number of benzene rings is 1. The monoisotopic (exact) mass is 387 g/mol. The van der Waals surface area contributed by atoms with Crippen LogP contribution in [0.1, 0.15) is 5.76 Å². The number of nitrogens with zero attached hydrogens (tertiary/aromatic N) is 1. The first-order valence-corrected chi connectivity index (χ1v) is 6.96. The summed E-state index contributed by atoms with van der Waals surface area (Å²) in [4.78, 5) is 15.3. The Morgan fingerprint density at radius 2 is 1.87 bits per heavy atom. The van der Waals surface area contributed by atoms with Crippen molar-refractivity contribution >= 4 is 39.4 Å². The minimum atomic E-state index is -5.15. The van der Waals surface area contributed by atoms with Crippen molar-refractivity contribution in [1.82, 2.24) is 0 Å². The number of aliphatic imine (C=N–C) groups is 1. The van der Waals surface area contributed by atoms with Crippen molar-refractivity contribution in [3.05, 3.63) is 58.5 Å². The van der Waals surface area contributed by atoms with Crippen molar-refractivity contribution < 1.29 is 27.5 Å². The molecule has 1 heterocycles. The Labute approximate surface area is 137 Å². The fraction of sp³-hybridized carbons (Fsp3) is 0.0667. The molecule has 0 unspecified atom stereocenters. The maximum atomic E-state index is 12.7. The van der Waals surface area contributed by atoms with Gasteiger partial charge in [-0.25, -0.2) is 0 Å². The molecule has 1 aromatic carbocycles. The normalized spacial score (nSPS) is 13.2. The summed E-state index contributed by atoms with van der Waals surface area (Å²) < 4.78 is 43.6. The van der Waals surface area contributed by atoms with E-state index in [2.05, 4.69) is 20.9 Å². The number of hydrogen-bond donors (Lipinski definition) is 1. The van der Waals surface area contributed by atoms with Crippen LogP contribution in [0.5, 0.6) is 0 Å². The topological polar surface area (TPSA) is 62.8 Å². The summed E-state index contributed by atoms with van der Waals surface area (Å²) in [5.74, 6) is -3.41. The Bertz CT molecular complexity index is 747. The van der Waals surface area contributed by atoms with Gasteiger partial charge in [0, 0.05) is 10.7 Å². The average Bonchev–Trinajstić information content (AvgIpc) is 3.02. The van der Waals surface area contributed by atoms with Gasteiger partial charge >= 0.3 is 6.18 Å². The van der Waals surface area contributed by atoms with E-state index in [1.54, 1.807) is 12.1 Å². The predicted octanol–water partition coefficient (Wildman–Crippen LogP) is 4.85. The van der Waals surface area contributed by atoms with Crippen LogP contribution in [0.4, 0.5) is 18.9 Å². The van der Waals surface area contributed by atoms with Crippen molar-refractivity contribution in [2.75, 3.05) is 0 Å². The van der Waals surface area contributed by atoms with Gasteiger partial charge in [-0.05, 0) is 36.4 Å². The number of alkyl halides is 3. The Hall–Kier alpha value is -2.35. The molecule has 0 aliphatic carbocycles. The predicted molar refractivity (Wildman–Crippen MR) is 81.6 cm³/mol. The van der Waals surface area contributed by atoms with Gasteiger partial charge in [-0.2, -0.15) is 13.2 Å². The molecule has 0 amide bonds. The Morgan fingerprint density at radius 3 is 2.39 bits per heavy atom. The summed E-state index contributed by atoms with van der Waals surface area (Å²) in [6.45, 7) is 0. The first-order valence-electron chi connectivity index (χ1n) is 6.17. The van der Waals surface area contributed by atoms with Crippen molar-refractivity contribution in [2.45, 2.75) is 6.18 Å². The van der Waals surface area contributed by atoms with Crippen molar-refractivity contribution in [2.24, 2.45) is 4.99 Å². The third-order valence-corrected chi connectivity index (χ3v) is 3.21. The molecule has 1 N–H and O–H groups in total. The molecule has 4 nitrogen and oxygen atoms in total. The summed E-state index contributed by atoms with van der Waals surface area (Å²) in [5.41, 5.74) is -0.691. The van der Waals surface area contributed by atoms with E-state index in [0.29, 0.717) is 11.9 Å². The molecule has 0 spiro atoms. The lowest BCUT2D eigenvalue weighted by Gasteiger charge is -2.07. The number of ketones is 1. The maximum Gasteiger partial charge on any atom is 0.455 e. The van der Waals surface area contributed by atoms with Crippen LogP contribution in [0.15, 0.2) is 62.1 Å². The molecule has 0 atom stereocenters. The minimum Gasteiger partial charge on any atom is -0.504 e. The van der Waals surface area contributed by atoms with Crippen molar-refractivity contribution in [3.63, 3.8) is 0 Å². The van der Waals surface area contributed by atoms with Crippen molar-refractivity contribution in [3.8, 4) is 0 Å². The summed E-state index contributed by atoms with van der Waals surface area (Å²) in [7, 11) is 0. The number of carbonyl (C=O) groups excluding carboxylic acids is 1. The number of halogens is 4. The van der Waals surface area contributed by atoms with Gasteiger partial charge in [0.25, 0.3) is 5.78 Å². The number of aliphatic hydroxyl groups is 1. The Balaban J connectivity index is 2.44. The van der Waals surface area contributed by atoms with E-state index >= 15 is 0 Å². The lowest BCUT2D eigenvalue weighted by molar-refractivity contribution is -0.165. The molecule has 2 rings (SSSR count). The fourth-order valence-corrected chi connectivity index (χ4v) is 1.86. The summed E-state index contributed by atoms with van der Waals surface area (Å²) in [6.07, 6.45) is -3.33. The molecule has 0 aliphatic heterocycles. The van der Waals surface area contributed by atoms with E-state index in [4.69, 9.17) is 4.42 Å². The van der Waals surface area contributed by atoms with Gasteiger partial charge in [-0.15, -0.1) is 0 Å². The number of hydrogen-bond acceptors (Lipinski definition) is 4. The third-order valence-electron chi connectivity index (χ3n) is 2.68. The number of aliphatic hydroxyl groups excluding tert-OH is 1. The highest BCUT2D eigenvalue weighted by Crippen LogP contribution is 2.26. The summed E-state index contributed by atoms with van der Waals surface area (Å²) in [6, 6.07) is 8.92. The lowest BCUT2D eigenvalue weighted by Crippen LogP contribution is -2.26. The minimum absolute atomic E-state index is 0.264. The largest absolute Gasteiger partial charge is 0.504 e. The van der Waals surface area contributed by atoms with Crippen LogP contribution in [0.2, 0.25) is 0 Å². The molecule has 2 aromatic rings. The SMILES string of the molecule is O=C(/C(C=Nc1ccc(Br)cc1)=C(/O)c1ccco1)C(F)(F)F. The second-order valence-electron chi connectivity index (χ2n) is 4.30. The van der Waals surface area contributed by atoms with Crippen molar-refractivity contribution in [1.29, 1.82) is 0 Å². The number of allylic oxidation sites excluding steroid dienone is 1. The van der Waals surface area contributed by atoms with Crippen LogP contribution in [-0.2, 0) is 4.79 Å². The number of rotatable bonds is 4. The van der Waals surface area contributed by atoms with Crippen LogP contribution in [0.3, 0.4) is 0 Å².